The van der Waals surface area contributed by atoms with E-state index >= 15 is 0 Å². The van der Waals surface area contributed by atoms with E-state index in [-0.39, 0.29) is 38.2 Å². The minimum atomic E-state index is -1.16. The van der Waals surface area contributed by atoms with Gasteiger partial charge in [0, 0.05) is 52.9 Å². The summed E-state index contributed by atoms with van der Waals surface area (Å²) in [7, 11) is 0. The predicted molar refractivity (Wildman–Crippen MR) is 203 cm³/mol. The van der Waals surface area contributed by atoms with Crippen LogP contribution in [0.3, 0.4) is 0 Å². The van der Waals surface area contributed by atoms with Crippen molar-refractivity contribution in [1.29, 1.82) is 0 Å². The third-order valence-corrected chi connectivity index (χ3v) is 9.61. The Balaban J connectivity index is 1.57. The maximum Gasteiger partial charge on any atom is 0.243 e. The number of nitrogens with zero attached hydrogens (tertiary/aromatic N) is 2. The van der Waals surface area contributed by atoms with Gasteiger partial charge in [0.25, 0.3) is 0 Å². The number of halogens is 1. The minimum absolute atomic E-state index is 0.0738. The van der Waals surface area contributed by atoms with Gasteiger partial charge in [-0.05, 0) is 75.5 Å². The number of carbonyl (C=O) groups excluding carboxylic acids is 5. The summed E-state index contributed by atoms with van der Waals surface area (Å²) in [6.07, 6.45) is 3.67. The van der Waals surface area contributed by atoms with E-state index in [1.54, 1.807) is 0 Å². The smallest absolute Gasteiger partial charge is 0.243 e. The Morgan fingerprint density at radius 1 is 0.843 bits per heavy atom. The molecule has 0 fully saturated rings. The quantitative estimate of drug-likeness (QED) is 0.0307. The van der Waals surface area contributed by atoms with Gasteiger partial charge in [-0.3, -0.25) is 29.0 Å². The average molecular weight is 829 g/mol. The van der Waals surface area contributed by atoms with Gasteiger partial charge < -0.3 is 43.5 Å². The third kappa shape index (κ3) is 12.1. The SMILES string of the molecule is CC(=O)N[C@@H](Cc1cnc[nH]1)C(=O)N[C@@H](CCCN=C(N)N)C(=O)N[C@H](Cc1ccc(I)cc1)C(=O)N[C@@H](Cc1csc2ccccc12)C(N)=O. The van der Waals surface area contributed by atoms with Gasteiger partial charge in [0.1, 0.15) is 24.2 Å². The zero-order valence-electron chi connectivity index (χ0n) is 27.9. The number of H-pyrrole nitrogens is 1. The van der Waals surface area contributed by atoms with Crippen LogP contribution in [0.15, 0.2) is 71.4 Å². The van der Waals surface area contributed by atoms with E-state index in [9.17, 15) is 24.0 Å². The van der Waals surface area contributed by atoms with E-state index in [1.165, 1.54) is 30.8 Å². The molecule has 15 nitrogen and oxygen atoms in total. The summed E-state index contributed by atoms with van der Waals surface area (Å²) in [4.78, 5) is 76.8. The molecule has 0 saturated heterocycles. The van der Waals surface area contributed by atoms with Crippen molar-refractivity contribution in [3.63, 3.8) is 0 Å². The molecule has 4 atom stereocenters. The van der Waals surface area contributed by atoms with Crippen molar-refractivity contribution in [2.24, 2.45) is 22.2 Å². The van der Waals surface area contributed by atoms with Gasteiger partial charge in [-0.25, -0.2) is 4.98 Å². The second-order valence-corrected chi connectivity index (χ2v) is 14.0. The number of thiophene rings is 1. The number of carbonyl (C=O) groups is 5. The monoisotopic (exact) mass is 828 g/mol. The number of rotatable bonds is 18. The first kappa shape index (κ1) is 38.8. The summed E-state index contributed by atoms with van der Waals surface area (Å²) in [5, 5.41) is 13.8. The summed E-state index contributed by atoms with van der Waals surface area (Å²) in [6.45, 7) is 1.45. The number of guanidine groups is 1. The van der Waals surface area contributed by atoms with Gasteiger partial charge in [0.15, 0.2) is 5.96 Å². The van der Waals surface area contributed by atoms with E-state index in [1.807, 2.05) is 53.9 Å². The normalized spacial score (nSPS) is 13.3. The highest BCUT2D eigenvalue weighted by Crippen LogP contribution is 2.26. The fourth-order valence-electron chi connectivity index (χ4n) is 5.36. The number of benzene rings is 2. The summed E-state index contributed by atoms with van der Waals surface area (Å²) < 4.78 is 2.01. The number of hydrogen-bond donors (Lipinski definition) is 8. The molecule has 0 aliphatic carbocycles. The largest absolute Gasteiger partial charge is 0.370 e. The van der Waals surface area contributed by atoms with Gasteiger partial charge in [0.2, 0.25) is 29.5 Å². The fraction of sp³-hybridized carbons (Fsp3) is 0.324. The Labute approximate surface area is 312 Å². The molecule has 2 heterocycles. The first-order chi connectivity index (χ1) is 24.4. The number of hydrogen-bond acceptors (Lipinski definition) is 8. The van der Waals surface area contributed by atoms with Crippen molar-refractivity contribution in [2.45, 2.75) is 63.2 Å². The Kier molecular flexibility index (Phi) is 14.3. The fourth-order valence-corrected chi connectivity index (χ4v) is 6.69. The summed E-state index contributed by atoms with van der Waals surface area (Å²) in [5.74, 6) is -3.23. The Morgan fingerprint density at radius 2 is 1.49 bits per heavy atom. The number of aliphatic imine (C=N–C) groups is 1. The van der Waals surface area contributed by atoms with Crippen LogP contribution in [0.25, 0.3) is 10.1 Å². The zero-order chi connectivity index (χ0) is 36.9. The molecule has 0 bridgehead atoms. The molecule has 0 aliphatic rings. The van der Waals surface area contributed by atoms with Crippen LogP contribution in [0.2, 0.25) is 0 Å². The van der Waals surface area contributed by atoms with E-state index < -0.39 is 53.7 Å². The highest BCUT2D eigenvalue weighted by atomic mass is 127. The third-order valence-electron chi connectivity index (χ3n) is 7.88. The van der Waals surface area contributed by atoms with Crippen molar-refractivity contribution < 1.29 is 24.0 Å². The Bertz CT molecular complexity index is 1840. The molecule has 4 rings (SSSR count). The standard InChI is InChI=1S/C34H41IN10O5S/c1-19(46)42-28(15-23-16-39-18-41-23)33(50)43-25(6-4-12-40-34(37)38)31(48)45-27(13-20-8-10-22(35)11-9-20)32(49)44-26(30(36)47)14-21-17-51-29-7-3-2-5-24(21)29/h2-3,5,7-11,16-18,25-28H,4,6,12-15H2,1H3,(H2,36,47)(H,39,41)(H,42,46)(H,43,50)(H,44,49)(H,45,48)(H4,37,38,40)/t25-,26-,27+,28-/m0/s1. The molecule has 2 aromatic heterocycles. The number of fused-ring (bicyclic) bond motifs is 1. The van der Waals surface area contributed by atoms with E-state index in [0.29, 0.717) is 12.1 Å². The summed E-state index contributed by atoms with van der Waals surface area (Å²) >= 11 is 3.68. The molecule has 0 aliphatic heterocycles. The molecule has 0 spiro atoms. The van der Waals surface area contributed by atoms with Gasteiger partial charge in [-0.15, -0.1) is 11.3 Å². The van der Waals surface area contributed by atoms with Gasteiger partial charge in [-0.1, -0.05) is 30.3 Å². The topological polar surface area (TPSA) is 253 Å². The second-order valence-electron chi connectivity index (χ2n) is 11.9. The molecule has 2 aromatic carbocycles. The van der Waals surface area contributed by atoms with Crippen LogP contribution in [0, 0.1) is 3.57 Å². The maximum atomic E-state index is 14.0. The molecule has 0 radical (unpaired) electrons. The van der Waals surface area contributed by atoms with Crippen molar-refractivity contribution in [3.8, 4) is 0 Å². The zero-order valence-corrected chi connectivity index (χ0v) is 30.8. The van der Waals surface area contributed by atoms with Crippen LogP contribution in [0.1, 0.15) is 36.6 Å². The molecule has 17 heteroatoms. The summed E-state index contributed by atoms with van der Waals surface area (Å²) in [5.41, 5.74) is 18.9. The predicted octanol–water partition coefficient (Wildman–Crippen LogP) is 0.755. The van der Waals surface area contributed by atoms with Crippen LogP contribution >= 0.6 is 33.9 Å². The molecule has 5 amide bonds. The lowest BCUT2D eigenvalue weighted by atomic mass is 10.0. The Hall–Kier alpha value is -5.04. The van der Waals surface area contributed by atoms with Crippen LogP contribution in [-0.2, 0) is 43.2 Å². The molecule has 4 aromatic rings. The second kappa shape index (κ2) is 18.8. The average Bonchev–Trinajstić information content (AvgIpc) is 3.75. The Morgan fingerprint density at radius 3 is 2.14 bits per heavy atom. The molecular formula is C34H41IN10O5S. The van der Waals surface area contributed by atoms with Crippen molar-refractivity contribution >= 4 is 79.5 Å². The lowest BCUT2D eigenvalue weighted by Crippen LogP contribution is -2.59. The van der Waals surface area contributed by atoms with Gasteiger partial charge in [-0.2, -0.15) is 0 Å². The number of aromatic amines is 1. The number of amides is 5. The molecular weight excluding hydrogens is 787 g/mol. The van der Waals surface area contributed by atoms with Gasteiger partial charge in [0.05, 0.1) is 6.33 Å². The molecule has 270 valence electrons. The molecule has 51 heavy (non-hydrogen) atoms. The van der Waals surface area contributed by atoms with Crippen LogP contribution < -0.4 is 38.5 Å². The molecule has 0 saturated carbocycles. The van der Waals surface area contributed by atoms with E-state index in [4.69, 9.17) is 17.2 Å². The first-order valence-electron chi connectivity index (χ1n) is 16.1. The summed E-state index contributed by atoms with van der Waals surface area (Å²) in [6, 6.07) is 10.7. The van der Waals surface area contributed by atoms with Crippen molar-refractivity contribution in [2.75, 3.05) is 6.54 Å². The number of nitrogens with two attached hydrogens (primary N) is 3. The number of aromatic nitrogens is 2. The van der Waals surface area contributed by atoms with Crippen LogP contribution in [0.4, 0.5) is 0 Å². The number of nitrogens with one attached hydrogen (secondary N) is 5. The van der Waals surface area contributed by atoms with Crippen LogP contribution in [0.5, 0.6) is 0 Å². The number of imidazole rings is 1. The van der Waals surface area contributed by atoms with Crippen molar-refractivity contribution in [1.82, 2.24) is 31.2 Å². The maximum absolute atomic E-state index is 14.0. The highest BCUT2D eigenvalue weighted by molar-refractivity contribution is 14.1. The molecule has 0 unspecified atom stereocenters. The number of primary amides is 1. The van der Waals surface area contributed by atoms with E-state index in [0.717, 1.165) is 24.8 Å². The minimum Gasteiger partial charge on any atom is -0.370 e. The highest BCUT2D eigenvalue weighted by Gasteiger charge is 2.31. The van der Waals surface area contributed by atoms with Gasteiger partial charge >= 0.3 is 0 Å². The van der Waals surface area contributed by atoms with E-state index in [2.05, 4.69) is 58.8 Å². The molecule has 11 N–H and O–H groups in total. The first-order valence-corrected chi connectivity index (χ1v) is 18.0. The lowest BCUT2D eigenvalue weighted by molar-refractivity contribution is -0.134. The van der Waals surface area contributed by atoms with Crippen LogP contribution in [-0.4, -0.2) is 76.2 Å². The van der Waals surface area contributed by atoms with Crippen molar-refractivity contribution in [3.05, 3.63) is 86.8 Å². The lowest BCUT2D eigenvalue weighted by Gasteiger charge is -2.26.